The van der Waals surface area contributed by atoms with Gasteiger partial charge in [-0.2, -0.15) is 0 Å². The molecular formula is C12H17ClN2OS. The number of carbonyl (C=O) groups excluding carboxylic acids is 1. The smallest absolute Gasteiger partial charge is 0.263 e. The number of carbonyl (C=O) groups is 1. The Balaban J connectivity index is 2.03. The zero-order valence-corrected chi connectivity index (χ0v) is 11.4. The largest absolute Gasteiger partial charge is 0.347 e. The van der Waals surface area contributed by atoms with E-state index in [1.807, 2.05) is 12.3 Å². The quantitative estimate of drug-likeness (QED) is 0.870. The first-order valence-corrected chi connectivity index (χ1v) is 7.15. The van der Waals surface area contributed by atoms with Gasteiger partial charge in [0.1, 0.15) is 4.88 Å². The van der Waals surface area contributed by atoms with Crippen LogP contribution < -0.4 is 11.1 Å². The van der Waals surface area contributed by atoms with E-state index in [9.17, 15) is 4.79 Å². The van der Waals surface area contributed by atoms with Gasteiger partial charge in [-0.1, -0.05) is 24.4 Å². The van der Waals surface area contributed by atoms with Crippen LogP contribution in [0.3, 0.4) is 0 Å². The Labute approximate surface area is 110 Å². The molecule has 5 heteroatoms. The number of hydrogen-bond acceptors (Lipinski definition) is 3. The molecule has 0 bridgehead atoms. The van der Waals surface area contributed by atoms with Crippen LogP contribution in [-0.4, -0.2) is 18.0 Å². The van der Waals surface area contributed by atoms with Crippen LogP contribution in [0.25, 0.3) is 0 Å². The number of nitrogens with two attached hydrogens (primary N) is 1. The van der Waals surface area contributed by atoms with Crippen molar-refractivity contribution in [1.29, 1.82) is 0 Å². The average molecular weight is 273 g/mol. The minimum atomic E-state index is -0.0875. The monoisotopic (exact) mass is 272 g/mol. The van der Waals surface area contributed by atoms with Crippen LogP contribution in [-0.2, 0) is 0 Å². The Morgan fingerprint density at radius 2 is 2.24 bits per heavy atom. The lowest BCUT2D eigenvalue weighted by Gasteiger charge is -2.29. The summed E-state index contributed by atoms with van der Waals surface area (Å²) in [7, 11) is 0. The maximum absolute atomic E-state index is 12.1. The fourth-order valence-corrected chi connectivity index (χ4v) is 3.34. The van der Waals surface area contributed by atoms with Crippen LogP contribution >= 0.6 is 22.9 Å². The van der Waals surface area contributed by atoms with Crippen molar-refractivity contribution in [1.82, 2.24) is 5.32 Å². The average Bonchev–Trinajstić information content (AvgIpc) is 2.63. The molecule has 3 nitrogen and oxygen atoms in total. The maximum atomic E-state index is 12.1. The molecule has 1 aromatic heterocycles. The molecule has 1 aliphatic rings. The van der Waals surface area contributed by atoms with Gasteiger partial charge in [0.2, 0.25) is 0 Å². The summed E-state index contributed by atoms with van der Waals surface area (Å²) in [5.41, 5.74) is 6.96. The van der Waals surface area contributed by atoms with Crippen molar-refractivity contribution in [3.63, 3.8) is 0 Å². The first kappa shape index (κ1) is 12.9. The highest BCUT2D eigenvalue weighted by Crippen LogP contribution is 2.27. The molecule has 1 saturated carbocycles. The van der Waals surface area contributed by atoms with Gasteiger partial charge in [0.15, 0.2) is 0 Å². The number of nitrogens with one attached hydrogen (secondary N) is 1. The molecule has 94 valence electrons. The van der Waals surface area contributed by atoms with Crippen molar-refractivity contribution < 1.29 is 4.79 Å². The van der Waals surface area contributed by atoms with Crippen molar-refractivity contribution in [2.24, 2.45) is 5.73 Å². The molecule has 3 N–H and O–H groups in total. The third-order valence-electron chi connectivity index (χ3n) is 3.24. The molecule has 1 amide bonds. The van der Waals surface area contributed by atoms with Gasteiger partial charge >= 0.3 is 0 Å². The van der Waals surface area contributed by atoms with E-state index >= 15 is 0 Å². The Morgan fingerprint density at radius 1 is 1.53 bits per heavy atom. The van der Waals surface area contributed by atoms with E-state index in [1.165, 1.54) is 11.3 Å². The van der Waals surface area contributed by atoms with E-state index in [1.54, 1.807) is 0 Å². The van der Waals surface area contributed by atoms with Crippen molar-refractivity contribution in [3.8, 4) is 0 Å². The summed E-state index contributed by atoms with van der Waals surface area (Å²) < 4.78 is 0. The van der Waals surface area contributed by atoms with E-state index in [4.69, 9.17) is 17.3 Å². The molecule has 1 fully saturated rings. The second kappa shape index (κ2) is 5.38. The lowest BCUT2D eigenvalue weighted by molar-refractivity contribution is 0.0925. The van der Waals surface area contributed by atoms with Crippen LogP contribution in [0.15, 0.2) is 5.38 Å². The highest BCUT2D eigenvalue weighted by molar-refractivity contribution is 7.13. The molecule has 0 saturated heterocycles. The van der Waals surface area contributed by atoms with Gasteiger partial charge in [-0.05, 0) is 30.7 Å². The highest BCUT2D eigenvalue weighted by atomic mass is 35.5. The van der Waals surface area contributed by atoms with Crippen molar-refractivity contribution in [2.75, 3.05) is 0 Å². The molecule has 17 heavy (non-hydrogen) atoms. The van der Waals surface area contributed by atoms with Crippen molar-refractivity contribution in [2.45, 2.75) is 44.7 Å². The van der Waals surface area contributed by atoms with Gasteiger partial charge in [-0.25, -0.2) is 0 Å². The van der Waals surface area contributed by atoms with Crippen LogP contribution in [0.4, 0.5) is 0 Å². The summed E-state index contributed by atoms with van der Waals surface area (Å²) in [6, 6.07) is 0.169. The summed E-state index contributed by atoms with van der Waals surface area (Å²) in [4.78, 5) is 12.7. The SMILES string of the molecule is Cc1csc(C(=O)N[C@@H]2CCCC[C@H]2N)c1Cl. The van der Waals surface area contributed by atoms with E-state index in [0.717, 1.165) is 31.2 Å². The standard InChI is InChI=1S/C12H17ClN2OS/c1-7-6-17-11(10(7)13)12(16)15-9-5-3-2-4-8(9)14/h6,8-9H,2-5,14H2,1H3,(H,15,16)/t8-,9-/m1/s1. The molecule has 1 heterocycles. The van der Waals surface area contributed by atoms with Gasteiger partial charge in [0.05, 0.1) is 5.02 Å². The molecular weight excluding hydrogens is 256 g/mol. The maximum Gasteiger partial charge on any atom is 0.263 e. The molecule has 0 spiro atoms. The summed E-state index contributed by atoms with van der Waals surface area (Å²) in [5, 5.41) is 5.47. The molecule has 2 atom stereocenters. The fourth-order valence-electron chi connectivity index (χ4n) is 2.16. The molecule has 0 radical (unpaired) electrons. The predicted octanol–water partition coefficient (Wildman–Crippen LogP) is 2.71. The number of halogens is 1. The predicted molar refractivity (Wildman–Crippen MR) is 71.8 cm³/mol. The molecule has 2 rings (SSSR count). The first-order chi connectivity index (χ1) is 8.09. The van der Waals surface area contributed by atoms with E-state index in [0.29, 0.717) is 9.90 Å². The van der Waals surface area contributed by atoms with Gasteiger partial charge in [0.25, 0.3) is 5.91 Å². The second-order valence-electron chi connectivity index (χ2n) is 4.59. The van der Waals surface area contributed by atoms with Crippen LogP contribution in [0.2, 0.25) is 5.02 Å². The molecule has 0 aliphatic heterocycles. The number of aryl methyl sites for hydroxylation is 1. The summed E-state index contributed by atoms with van der Waals surface area (Å²) in [6.45, 7) is 1.90. The normalized spacial score (nSPS) is 24.6. The van der Waals surface area contributed by atoms with Crippen LogP contribution in [0, 0.1) is 6.92 Å². The van der Waals surface area contributed by atoms with Crippen molar-refractivity contribution in [3.05, 3.63) is 20.8 Å². The first-order valence-electron chi connectivity index (χ1n) is 5.89. The van der Waals surface area contributed by atoms with Gasteiger partial charge in [-0.3, -0.25) is 4.79 Å². The topological polar surface area (TPSA) is 55.1 Å². The minimum absolute atomic E-state index is 0.0764. The summed E-state index contributed by atoms with van der Waals surface area (Å²) in [5.74, 6) is -0.0875. The van der Waals surface area contributed by atoms with Crippen molar-refractivity contribution >= 4 is 28.8 Å². The zero-order chi connectivity index (χ0) is 12.4. The third-order valence-corrected chi connectivity index (χ3v) is 4.94. The third kappa shape index (κ3) is 2.81. The molecule has 1 aromatic rings. The summed E-state index contributed by atoms with van der Waals surface area (Å²) in [6.07, 6.45) is 4.25. The Morgan fingerprint density at radius 3 is 2.82 bits per heavy atom. The van der Waals surface area contributed by atoms with E-state index < -0.39 is 0 Å². The second-order valence-corrected chi connectivity index (χ2v) is 5.85. The van der Waals surface area contributed by atoms with E-state index in [-0.39, 0.29) is 18.0 Å². The Bertz CT molecular complexity index is 419. The van der Waals surface area contributed by atoms with Gasteiger partial charge in [-0.15, -0.1) is 11.3 Å². The van der Waals surface area contributed by atoms with Crippen LogP contribution in [0.1, 0.15) is 40.9 Å². The zero-order valence-electron chi connectivity index (χ0n) is 9.83. The van der Waals surface area contributed by atoms with Gasteiger partial charge < -0.3 is 11.1 Å². The van der Waals surface area contributed by atoms with Crippen LogP contribution in [0.5, 0.6) is 0 Å². The molecule has 0 aromatic carbocycles. The lowest BCUT2D eigenvalue weighted by Crippen LogP contribution is -2.49. The summed E-state index contributed by atoms with van der Waals surface area (Å²) >= 11 is 7.47. The minimum Gasteiger partial charge on any atom is -0.347 e. The van der Waals surface area contributed by atoms with Gasteiger partial charge in [0, 0.05) is 12.1 Å². The number of thiophene rings is 1. The lowest BCUT2D eigenvalue weighted by atomic mass is 9.91. The fraction of sp³-hybridized carbons (Fsp3) is 0.583. The molecule has 1 aliphatic carbocycles. The highest BCUT2D eigenvalue weighted by Gasteiger charge is 2.25. The number of amides is 1. The Hall–Kier alpha value is -0.580. The number of rotatable bonds is 2. The van der Waals surface area contributed by atoms with E-state index in [2.05, 4.69) is 5.32 Å². The molecule has 0 unspecified atom stereocenters. The Kier molecular flexibility index (Phi) is 4.07. The number of hydrogen-bond donors (Lipinski definition) is 2.